The van der Waals surface area contributed by atoms with E-state index < -0.39 is 11.9 Å². The average Bonchev–Trinajstić information content (AvgIpc) is 3.34. The van der Waals surface area contributed by atoms with E-state index in [-0.39, 0.29) is 17.9 Å². The minimum Gasteiger partial charge on any atom is -0.493 e. The summed E-state index contributed by atoms with van der Waals surface area (Å²) in [6.07, 6.45) is 19.5. The Balaban J connectivity index is 1.20. The largest absolute Gasteiger partial charge is 0.493 e. The van der Waals surface area contributed by atoms with Crippen LogP contribution in [0.2, 0.25) is 0 Å². The highest BCUT2D eigenvalue weighted by molar-refractivity contribution is 5.87. The maximum Gasteiger partial charge on any atom is 0.335 e. The molecule has 45 heavy (non-hydrogen) atoms. The predicted octanol–water partition coefficient (Wildman–Crippen LogP) is 7.79. The van der Waals surface area contributed by atoms with Gasteiger partial charge in [-0.05, 0) is 87.6 Å². The van der Waals surface area contributed by atoms with Gasteiger partial charge in [-0.25, -0.2) is 4.79 Å². The van der Waals surface area contributed by atoms with Gasteiger partial charge < -0.3 is 19.8 Å². The molecule has 4 rings (SSSR count). The van der Waals surface area contributed by atoms with E-state index in [4.69, 9.17) is 9.84 Å². The normalized spacial score (nSPS) is 17.7. The number of allylic oxidation sites excluding steroid dienone is 1. The van der Waals surface area contributed by atoms with E-state index in [9.17, 15) is 14.7 Å². The number of hydrogen-bond donors (Lipinski definition) is 2. The smallest absolute Gasteiger partial charge is 0.335 e. The lowest BCUT2D eigenvalue weighted by atomic mass is 9.92. The monoisotopic (exact) mass is 618 g/mol. The number of ether oxygens (including phenoxy) is 1. The molecule has 1 saturated carbocycles. The molecule has 1 unspecified atom stereocenters. The SMILES string of the molecule is O=C(O)CCCCC(C=Cc1ccccc1OCCCCCN1CCN(C2CCCCCC2)CC1)Cc1ccc(C(=O)O)cc1. The Morgan fingerprint density at radius 1 is 0.844 bits per heavy atom. The molecule has 7 nitrogen and oxygen atoms in total. The van der Waals surface area contributed by atoms with Crippen molar-refractivity contribution in [3.05, 3.63) is 71.3 Å². The molecule has 0 spiro atoms. The van der Waals surface area contributed by atoms with Crippen LogP contribution in [0.4, 0.5) is 0 Å². The van der Waals surface area contributed by atoms with Crippen LogP contribution in [0, 0.1) is 5.92 Å². The van der Waals surface area contributed by atoms with E-state index in [0.717, 1.165) is 48.6 Å². The van der Waals surface area contributed by atoms with Gasteiger partial charge in [0.25, 0.3) is 0 Å². The lowest BCUT2D eigenvalue weighted by Gasteiger charge is -2.39. The number of hydrogen-bond acceptors (Lipinski definition) is 5. The molecular formula is C38H54N2O5. The first-order valence-electron chi connectivity index (χ1n) is 17.4. The number of rotatable bonds is 18. The van der Waals surface area contributed by atoms with Crippen LogP contribution in [0.25, 0.3) is 6.08 Å². The quantitative estimate of drug-likeness (QED) is 0.130. The molecule has 0 amide bonds. The van der Waals surface area contributed by atoms with Gasteiger partial charge in [0.15, 0.2) is 0 Å². The predicted molar refractivity (Wildman–Crippen MR) is 181 cm³/mol. The lowest BCUT2D eigenvalue weighted by Crippen LogP contribution is -2.50. The molecule has 2 aromatic carbocycles. The molecule has 1 aliphatic carbocycles. The van der Waals surface area contributed by atoms with E-state index in [1.165, 1.54) is 84.1 Å². The van der Waals surface area contributed by atoms with Crippen LogP contribution < -0.4 is 4.74 Å². The van der Waals surface area contributed by atoms with Crippen LogP contribution in [0.5, 0.6) is 5.75 Å². The van der Waals surface area contributed by atoms with Crippen molar-refractivity contribution < 1.29 is 24.5 Å². The fourth-order valence-electron chi connectivity index (χ4n) is 6.80. The highest BCUT2D eigenvalue weighted by atomic mass is 16.5. The van der Waals surface area contributed by atoms with Gasteiger partial charge in [-0.2, -0.15) is 0 Å². The highest BCUT2D eigenvalue weighted by Gasteiger charge is 2.24. The van der Waals surface area contributed by atoms with Crippen molar-refractivity contribution in [2.75, 3.05) is 39.3 Å². The van der Waals surface area contributed by atoms with Gasteiger partial charge in [0.1, 0.15) is 5.75 Å². The molecular weight excluding hydrogens is 564 g/mol. The van der Waals surface area contributed by atoms with Gasteiger partial charge in [-0.3, -0.25) is 9.69 Å². The Morgan fingerprint density at radius 2 is 1.58 bits per heavy atom. The standard InChI is InChI=1S/C38H54N2O5/c41-37(42)17-9-6-12-31(30-32-19-22-34(23-20-32)38(43)44)18-21-33-13-7-8-16-36(33)45-29-11-3-10-24-39-25-27-40(28-26-39)35-14-4-1-2-5-15-35/h7-8,13,16,18-23,31,35H,1-6,9-12,14-15,17,24-30H2,(H,41,42)(H,43,44). The molecule has 0 bridgehead atoms. The van der Waals surface area contributed by atoms with Crippen molar-refractivity contribution in [3.8, 4) is 5.75 Å². The molecule has 0 radical (unpaired) electrons. The number of nitrogens with zero attached hydrogens (tertiary/aromatic N) is 2. The van der Waals surface area contributed by atoms with Gasteiger partial charge in [0.05, 0.1) is 12.2 Å². The molecule has 2 aliphatic rings. The van der Waals surface area contributed by atoms with Crippen molar-refractivity contribution in [2.45, 2.75) is 95.9 Å². The summed E-state index contributed by atoms with van der Waals surface area (Å²) in [5, 5.41) is 18.2. The summed E-state index contributed by atoms with van der Waals surface area (Å²) >= 11 is 0. The van der Waals surface area contributed by atoms with Crippen LogP contribution in [0.1, 0.15) is 105 Å². The zero-order chi connectivity index (χ0) is 31.7. The van der Waals surface area contributed by atoms with Gasteiger partial charge in [0, 0.05) is 44.2 Å². The summed E-state index contributed by atoms with van der Waals surface area (Å²) in [5.41, 5.74) is 2.39. The Hall–Kier alpha value is -3.16. The van der Waals surface area contributed by atoms with Crippen LogP contribution in [0.15, 0.2) is 54.6 Å². The average molecular weight is 619 g/mol. The fraction of sp³-hybridized carbons (Fsp3) is 0.579. The van der Waals surface area contributed by atoms with Gasteiger partial charge in [-0.1, -0.05) is 74.6 Å². The molecule has 1 atom stereocenters. The summed E-state index contributed by atoms with van der Waals surface area (Å²) in [6.45, 7) is 6.78. The second-order valence-electron chi connectivity index (χ2n) is 12.9. The van der Waals surface area contributed by atoms with Crippen molar-refractivity contribution in [2.24, 2.45) is 5.92 Å². The summed E-state index contributed by atoms with van der Waals surface area (Å²) in [6, 6.07) is 16.0. The molecule has 7 heteroatoms. The number of unbranched alkanes of at least 4 members (excludes halogenated alkanes) is 3. The lowest BCUT2D eigenvalue weighted by molar-refractivity contribution is -0.137. The van der Waals surface area contributed by atoms with Crippen LogP contribution in [0.3, 0.4) is 0 Å². The third-order valence-corrected chi connectivity index (χ3v) is 9.51. The number of aromatic carboxylic acids is 1. The topological polar surface area (TPSA) is 90.3 Å². The molecule has 2 aromatic rings. The molecule has 1 aliphatic heterocycles. The maximum absolute atomic E-state index is 11.2. The maximum atomic E-state index is 11.2. The number of carbonyl (C=O) groups is 2. The third-order valence-electron chi connectivity index (χ3n) is 9.51. The zero-order valence-electron chi connectivity index (χ0n) is 27.1. The Morgan fingerprint density at radius 3 is 2.29 bits per heavy atom. The first-order valence-corrected chi connectivity index (χ1v) is 17.4. The minimum absolute atomic E-state index is 0.178. The number of carboxylic acid groups (broad SMARTS) is 2. The number of aliphatic carboxylic acids is 1. The first kappa shape index (κ1) is 34.7. The second kappa shape index (κ2) is 19.4. The zero-order valence-corrected chi connectivity index (χ0v) is 27.1. The summed E-state index contributed by atoms with van der Waals surface area (Å²) < 4.78 is 6.24. The van der Waals surface area contributed by atoms with E-state index in [1.807, 2.05) is 30.3 Å². The number of para-hydroxylation sites is 1. The molecule has 2 N–H and O–H groups in total. The van der Waals surface area contributed by atoms with E-state index in [0.29, 0.717) is 13.0 Å². The molecule has 1 saturated heterocycles. The molecule has 2 fully saturated rings. The van der Waals surface area contributed by atoms with Crippen molar-refractivity contribution in [1.82, 2.24) is 9.80 Å². The fourth-order valence-corrected chi connectivity index (χ4v) is 6.80. The van der Waals surface area contributed by atoms with Crippen LogP contribution in [-0.4, -0.2) is 77.3 Å². The van der Waals surface area contributed by atoms with Crippen molar-refractivity contribution >= 4 is 18.0 Å². The van der Waals surface area contributed by atoms with Crippen LogP contribution in [-0.2, 0) is 11.2 Å². The van der Waals surface area contributed by atoms with Crippen LogP contribution >= 0.6 is 0 Å². The summed E-state index contributed by atoms with van der Waals surface area (Å²) in [4.78, 5) is 27.6. The molecule has 1 heterocycles. The summed E-state index contributed by atoms with van der Waals surface area (Å²) in [7, 11) is 0. The van der Waals surface area contributed by atoms with Gasteiger partial charge in [-0.15, -0.1) is 0 Å². The number of benzene rings is 2. The Bertz CT molecular complexity index is 1180. The highest BCUT2D eigenvalue weighted by Crippen LogP contribution is 2.25. The summed E-state index contributed by atoms with van der Waals surface area (Å²) in [5.74, 6) is -0.600. The van der Waals surface area contributed by atoms with Crippen molar-refractivity contribution in [3.63, 3.8) is 0 Å². The minimum atomic E-state index is -0.929. The molecule has 246 valence electrons. The first-order chi connectivity index (χ1) is 22.0. The number of carboxylic acids is 2. The third kappa shape index (κ3) is 12.6. The van der Waals surface area contributed by atoms with E-state index in [1.54, 1.807) is 12.1 Å². The molecule has 0 aromatic heterocycles. The van der Waals surface area contributed by atoms with Gasteiger partial charge in [0.2, 0.25) is 0 Å². The van der Waals surface area contributed by atoms with Gasteiger partial charge >= 0.3 is 11.9 Å². The van der Waals surface area contributed by atoms with E-state index in [2.05, 4.69) is 28.0 Å². The van der Waals surface area contributed by atoms with E-state index >= 15 is 0 Å². The second-order valence-corrected chi connectivity index (χ2v) is 12.9. The van der Waals surface area contributed by atoms with Crippen molar-refractivity contribution in [1.29, 1.82) is 0 Å². The Kier molecular flexibility index (Phi) is 14.9. The number of piperazine rings is 1. The Labute approximate surface area is 270 Å².